The van der Waals surface area contributed by atoms with E-state index in [4.69, 9.17) is 5.73 Å². The van der Waals surface area contributed by atoms with Crippen LogP contribution in [0.1, 0.15) is 6.92 Å². The van der Waals surface area contributed by atoms with Crippen LogP contribution in [0.2, 0.25) is 0 Å². The lowest BCUT2D eigenvalue weighted by atomic mass is 10.3. The van der Waals surface area contributed by atoms with Crippen LogP contribution < -0.4 is 11.1 Å². The topological polar surface area (TPSA) is 38.0 Å². The van der Waals surface area contributed by atoms with Gasteiger partial charge in [-0.3, -0.25) is 0 Å². The Morgan fingerprint density at radius 3 is 2.50 bits per heavy atom. The Morgan fingerprint density at radius 1 is 1.50 bits per heavy atom. The van der Waals surface area contributed by atoms with E-state index in [1.165, 1.54) is 0 Å². The molecule has 3 N–H and O–H groups in total. The summed E-state index contributed by atoms with van der Waals surface area (Å²) in [6.07, 6.45) is 3.51. The molecule has 0 aromatic rings. The van der Waals surface area contributed by atoms with E-state index in [2.05, 4.69) is 18.5 Å². The molecule has 0 heterocycles. The Kier molecular flexibility index (Phi) is 4.12. The average molecular weight is 138 g/mol. The highest BCUT2D eigenvalue weighted by Gasteiger charge is 1.81. The minimum Gasteiger partial charge on any atom is -0.399 e. The van der Waals surface area contributed by atoms with E-state index >= 15 is 0 Å². The number of hydrogen-bond donors (Lipinski definition) is 2. The number of hydrogen-bond acceptors (Lipinski definition) is 2. The third kappa shape index (κ3) is 4.97. The largest absolute Gasteiger partial charge is 0.399 e. The first-order valence-electron chi connectivity index (χ1n) is 3.22. The summed E-state index contributed by atoms with van der Waals surface area (Å²) in [6, 6.07) is 0. The summed E-state index contributed by atoms with van der Waals surface area (Å²) in [6.45, 7) is 10.1. The van der Waals surface area contributed by atoms with Crippen LogP contribution in [0.25, 0.3) is 0 Å². The third-order valence-electron chi connectivity index (χ3n) is 0.902. The van der Waals surface area contributed by atoms with Crippen molar-refractivity contribution in [2.45, 2.75) is 6.92 Å². The summed E-state index contributed by atoms with van der Waals surface area (Å²) in [5, 5.41) is 3.02. The monoisotopic (exact) mass is 138 g/mol. The molecule has 0 aromatic heterocycles. The smallest absolute Gasteiger partial charge is 0.0267 e. The fourth-order valence-electron chi connectivity index (χ4n) is 0.494. The Labute approximate surface area is 62.1 Å². The fourth-order valence-corrected chi connectivity index (χ4v) is 0.494. The summed E-state index contributed by atoms with van der Waals surface area (Å²) in [7, 11) is 0. The standard InChI is InChI=1S/C8H14N2/c1-4-10-8(3)6-5-7(2)9/h5-6,10H,2-4,9H2,1H3/b6-5-. The molecule has 10 heavy (non-hydrogen) atoms. The maximum Gasteiger partial charge on any atom is 0.0267 e. The molecule has 56 valence electrons. The van der Waals surface area contributed by atoms with Crippen molar-refractivity contribution in [1.82, 2.24) is 5.32 Å². The van der Waals surface area contributed by atoms with Gasteiger partial charge in [0.25, 0.3) is 0 Å². The van der Waals surface area contributed by atoms with E-state index in [-0.39, 0.29) is 0 Å². The molecule has 0 radical (unpaired) electrons. The third-order valence-corrected chi connectivity index (χ3v) is 0.902. The molecule has 0 saturated carbocycles. The van der Waals surface area contributed by atoms with E-state index in [1.54, 1.807) is 12.2 Å². The molecule has 0 aliphatic carbocycles. The molecule has 0 aliphatic rings. The van der Waals surface area contributed by atoms with Crippen molar-refractivity contribution in [1.29, 1.82) is 0 Å². The number of nitrogens with two attached hydrogens (primary N) is 1. The van der Waals surface area contributed by atoms with E-state index in [0.29, 0.717) is 5.70 Å². The van der Waals surface area contributed by atoms with Gasteiger partial charge in [-0.25, -0.2) is 0 Å². The number of rotatable bonds is 4. The van der Waals surface area contributed by atoms with Crippen molar-refractivity contribution in [3.63, 3.8) is 0 Å². The van der Waals surface area contributed by atoms with Crippen molar-refractivity contribution >= 4 is 0 Å². The molecule has 0 saturated heterocycles. The predicted octanol–water partition coefficient (Wildman–Crippen LogP) is 1.14. The number of likely N-dealkylation sites (N-methyl/N-ethyl adjacent to an activating group) is 1. The minimum absolute atomic E-state index is 0.541. The van der Waals surface area contributed by atoms with Gasteiger partial charge in [-0.1, -0.05) is 13.2 Å². The van der Waals surface area contributed by atoms with Crippen molar-refractivity contribution in [3.05, 3.63) is 36.7 Å². The van der Waals surface area contributed by atoms with Crippen LogP contribution in [-0.2, 0) is 0 Å². The molecule has 0 spiro atoms. The summed E-state index contributed by atoms with van der Waals surface area (Å²) in [5.41, 5.74) is 6.68. The molecular formula is C8H14N2. The van der Waals surface area contributed by atoms with Gasteiger partial charge in [0.2, 0.25) is 0 Å². The first kappa shape index (κ1) is 8.82. The molecule has 0 atom stereocenters. The first-order valence-corrected chi connectivity index (χ1v) is 3.22. The van der Waals surface area contributed by atoms with Crippen LogP contribution in [0.5, 0.6) is 0 Å². The zero-order valence-electron chi connectivity index (χ0n) is 6.35. The van der Waals surface area contributed by atoms with Crippen molar-refractivity contribution in [2.24, 2.45) is 5.73 Å². The second-order valence-corrected chi connectivity index (χ2v) is 1.96. The molecular weight excluding hydrogens is 124 g/mol. The van der Waals surface area contributed by atoms with Crippen molar-refractivity contribution < 1.29 is 0 Å². The van der Waals surface area contributed by atoms with Crippen LogP contribution in [0.4, 0.5) is 0 Å². The first-order chi connectivity index (χ1) is 4.66. The SMILES string of the molecule is C=C(N)/C=C\C(=C)NCC. The van der Waals surface area contributed by atoms with Crippen LogP contribution in [0.15, 0.2) is 36.7 Å². The van der Waals surface area contributed by atoms with Crippen LogP contribution >= 0.6 is 0 Å². The summed E-state index contributed by atoms with van der Waals surface area (Å²) in [5.74, 6) is 0. The van der Waals surface area contributed by atoms with Gasteiger partial charge in [0.1, 0.15) is 0 Å². The summed E-state index contributed by atoms with van der Waals surface area (Å²) < 4.78 is 0. The quantitative estimate of drug-likeness (QED) is 0.572. The second-order valence-electron chi connectivity index (χ2n) is 1.96. The Bertz CT molecular complexity index is 157. The minimum atomic E-state index is 0.541. The van der Waals surface area contributed by atoms with Gasteiger partial charge < -0.3 is 11.1 Å². The summed E-state index contributed by atoms with van der Waals surface area (Å²) in [4.78, 5) is 0. The molecule has 0 bridgehead atoms. The molecule has 2 heteroatoms. The number of nitrogens with one attached hydrogen (secondary N) is 1. The van der Waals surface area contributed by atoms with Gasteiger partial charge in [0, 0.05) is 17.9 Å². The maximum absolute atomic E-state index is 5.29. The lowest BCUT2D eigenvalue weighted by Crippen LogP contribution is -2.08. The van der Waals surface area contributed by atoms with Gasteiger partial charge in [0.15, 0.2) is 0 Å². The highest BCUT2D eigenvalue weighted by atomic mass is 14.9. The zero-order valence-corrected chi connectivity index (χ0v) is 6.35. The Balaban J connectivity index is 3.67. The Morgan fingerprint density at radius 2 is 2.10 bits per heavy atom. The summed E-state index contributed by atoms with van der Waals surface area (Å²) >= 11 is 0. The lowest BCUT2D eigenvalue weighted by molar-refractivity contribution is 0.882. The van der Waals surface area contributed by atoms with Crippen LogP contribution in [0, 0.1) is 0 Å². The van der Waals surface area contributed by atoms with Crippen molar-refractivity contribution in [3.8, 4) is 0 Å². The van der Waals surface area contributed by atoms with E-state index in [0.717, 1.165) is 12.2 Å². The fraction of sp³-hybridized carbons (Fsp3) is 0.250. The van der Waals surface area contributed by atoms with Crippen molar-refractivity contribution in [2.75, 3.05) is 6.54 Å². The van der Waals surface area contributed by atoms with Gasteiger partial charge in [-0.2, -0.15) is 0 Å². The molecule has 2 nitrogen and oxygen atoms in total. The van der Waals surface area contributed by atoms with E-state index in [1.807, 2.05) is 6.92 Å². The Hall–Kier alpha value is -1.18. The molecule has 0 aromatic carbocycles. The van der Waals surface area contributed by atoms with Crippen LogP contribution in [-0.4, -0.2) is 6.54 Å². The molecule has 0 amide bonds. The maximum atomic E-state index is 5.29. The van der Waals surface area contributed by atoms with Gasteiger partial charge in [0.05, 0.1) is 0 Å². The predicted molar refractivity (Wildman–Crippen MR) is 45.3 cm³/mol. The zero-order chi connectivity index (χ0) is 7.98. The molecule has 0 unspecified atom stereocenters. The molecule has 0 rings (SSSR count). The van der Waals surface area contributed by atoms with Gasteiger partial charge >= 0.3 is 0 Å². The highest BCUT2D eigenvalue weighted by molar-refractivity contribution is 5.20. The highest BCUT2D eigenvalue weighted by Crippen LogP contribution is 1.88. The van der Waals surface area contributed by atoms with E-state index < -0.39 is 0 Å². The average Bonchev–Trinajstić information content (AvgIpc) is 1.85. The van der Waals surface area contributed by atoms with Crippen LogP contribution in [0.3, 0.4) is 0 Å². The second kappa shape index (κ2) is 4.68. The van der Waals surface area contributed by atoms with Gasteiger partial charge in [-0.05, 0) is 19.1 Å². The molecule has 0 aliphatic heterocycles. The normalized spacial score (nSPS) is 9.70. The lowest BCUT2D eigenvalue weighted by Gasteiger charge is -1.99. The molecule has 0 fully saturated rings. The number of allylic oxidation sites excluding steroid dienone is 2. The van der Waals surface area contributed by atoms with Gasteiger partial charge in [-0.15, -0.1) is 0 Å². The van der Waals surface area contributed by atoms with E-state index in [9.17, 15) is 0 Å².